The highest BCUT2D eigenvalue weighted by Gasteiger charge is 2.37. The number of halogens is 2. The monoisotopic (exact) mass is 401 g/mol. The van der Waals surface area contributed by atoms with Gasteiger partial charge < -0.3 is 11.5 Å². The summed E-state index contributed by atoms with van der Waals surface area (Å²) in [5, 5.41) is 8.58. The number of imidazole rings is 1. The molecule has 0 amide bonds. The van der Waals surface area contributed by atoms with E-state index in [1.807, 2.05) is 25.1 Å². The maximum absolute atomic E-state index is 12.3. The van der Waals surface area contributed by atoms with Gasteiger partial charge in [-0.05, 0) is 24.7 Å². The standard InChI is InChI=1S/C12H10N8.C6H11F2N/c13-11-10-7(3-5-20(10)18-12(14)16-11)8-1-2-9-15-4-6-19(9)17-8;1-2-9-4-3-6(7,8)5-9/h1-6H,(H4,13,14,16,18);2-5H2,1H3. The number of rotatable bonds is 2. The van der Waals surface area contributed by atoms with Crippen molar-refractivity contribution >= 4 is 22.9 Å². The lowest BCUT2D eigenvalue weighted by molar-refractivity contribution is 0.0127. The second kappa shape index (κ2) is 7.24. The third kappa shape index (κ3) is 3.81. The number of aromatic nitrogens is 6. The Morgan fingerprint density at radius 3 is 2.62 bits per heavy atom. The number of hydrogen-bond donors (Lipinski definition) is 2. The summed E-state index contributed by atoms with van der Waals surface area (Å²) in [6.45, 7) is 3.17. The minimum atomic E-state index is -2.41. The molecule has 0 unspecified atom stereocenters. The van der Waals surface area contributed by atoms with Crippen molar-refractivity contribution in [2.45, 2.75) is 19.3 Å². The summed E-state index contributed by atoms with van der Waals surface area (Å²) in [6, 6.07) is 5.65. The zero-order valence-electron chi connectivity index (χ0n) is 15.8. The maximum atomic E-state index is 12.3. The van der Waals surface area contributed by atoms with Crippen molar-refractivity contribution in [2.75, 3.05) is 31.1 Å². The Morgan fingerprint density at radius 2 is 1.93 bits per heavy atom. The van der Waals surface area contributed by atoms with Crippen LogP contribution in [0.3, 0.4) is 0 Å². The Labute approximate surface area is 165 Å². The van der Waals surface area contributed by atoms with E-state index in [-0.39, 0.29) is 18.9 Å². The van der Waals surface area contributed by atoms with Gasteiger partial charge in [-0.25, -0.2) is 22.8 Å². The lowest BCUT2D eigenvalue weighted by atomic mass is 10.2. The maximum Gasteiger partial charge on any atom is 0.261 e. The van der Waals surface area contributed by atoms with Gasteiger partial charge in [0, 0.05) is 37.1 Å². The van der Waals surface area contributed by atoms with Gasteiger partial charge in [0.1, 0.15) is 5.52 Å². The Bertz CT molecular complexity index is 1150. The molecule has 5 rings (SSSR count). The van der Waals surface area contributed by atoms with Gasteiger partial charge in [0.2, 0.25) is 5.95 Å². The van der Waals surface area contributed by atoms with E-state index >= 15 is 0 Å². The predicted octanol–water partition coefficient (Wildman–Crippen LogP) is 1.95. The van der Waals surface area contributed by atoms with Crippen molar-refractivity contribution in [1.82, 2.24) is 34.1 Å². The fraction of sp³-hybridized carbons (Fsp3) is 0.333. The minimum Gasteiger partial charge on any atom is -0.382 e. The van der Waals surface area contributed by atoms with Gasteiger partial charge in [-0.2, -0.15) is 10.1 Å². The molecule has 9 nitrogen and oxygen atoms in total. The van der Waals surface area contributed by atoms with Crippen LogP contribution in [0.2, 0.25) is 0 Å². The Kier molecular flexibility index (Phi) is 4.74. The van der Waals surface area contributed by atoms with Crippen LogP contribution in [0.4, 0.5) is 20.5 Å². The molecule has 4 aromatic heterocycles. The summed E-state index contributed by atoms with van der Waals surface area (Å²) in [7, 11) is 0. The molecule has 152 valence electrons. The molecular formula is C18H21F2N9. The van der Waals surface area contributed by atoms with Crippen LogP contribution >= 0.6 is 0 Å². The van der Waals surface area contributed by atoms with Crippen LogP contribution < -0.4 is 11.5 Å². The first-order chi connectivity index (χ1) is 13.9. The van der Waals surface area contributed by atoms with Crippen molar-refractivity contribution < 1.29 is 8.78 Å². The summed E-state index contributed by atoms with van der Waals surface area (Å²) < 4.78 is 28.0. The summed E-state index contributed by atoms with van der Waals surface area (Å²) in [6.07, 6.45) is 5.30. The number of nitrogens with zero attached hydrogens (tertiary/aromatic N) is 7. The van der Waals surface area contributed by atoms with Gasteiger partial charge in [0.15, 0.2) is 11.5 Å². The van der Waals surface area contributed by atoms with Crippen LogP contribution in [0.15, 0.2) is 36.8 Å². The van der Waals surface area contributed by atoms with E-state index < -0.39 is 5.92 Å². The molecule has 0 radical (unpaired) electrons. The van der Waals surface area contributed by atoms with E-state index in [2.05, 4.69) is 20.2 Å². The highest BCUT2D eigenvalue weighted by molar-refractivity contribution is 5.86. The molecule has 0 aromatic carbocycles. The highest BCUT2D eigenvalue weighted by Crippen LogP contribution is 2.27. The van der Waals surface area contributed by atoms with Crippen LogP contribution in [0, 0.1) is 0 Å². The Balaban J connectivity index is 0.000000192. The second-order valence-corrected chi connectivity index (χ2v) is 6.80. The smallest absolute Gasteiger partial charge is 0.261 e. The number of fused-ring (bicyclic) bond motifs is 2. The van der Waals surface area contributed by atoms with Crippen LogP contribution in [0.5, 0.6) is 0 Å². The van der Waals surface area contributed by atoms with E-state index in [0.717, 1.165) is 23.4 Å². The van der Waals surface area contributed by atoms with Crippen molar-refractivity contribution in [2.24, 2.45) is 0 Å². The van der Waals surface area contributed by atoms with Crippen LogP contribution in [-0.2, 0) is 0 Å². The number of alkyl halides is 2. The molecule has 1 aliphatic heterocycles. The van der Waals surface area contributed by atoms with Gasteiger partial charge in [-0.15, -0.1) is 5.10 Å². The molecule has 0 bridgehead atoms. The molecule has 0 atom stereocenters. The minimum absolute atomic E-state index is 0.0382. The van der Waals surface area contributed by atoms with E-state index in [1.54, 1.807) is 32.5 Å². The topological polar surface area (TPSA) is 116 Å². The Morgan fingerprint density at radius 1 is 1.10 bits per heavy atom. The summed E-state index contributed by atoms with van der Waals surface area (Å²) in [5.74, 6) is -1.95. The van der Waals surface area contributed by atoms with Crippen LogP contribution in [0.1, 0.15) is 13.3 Å². The number of anilines is 2. The number of nitrogens with two attached hydrogens (primary N) is 2. The SMILES string of the molecule is CCN1CCC(F)(F)C1.Nc1nc(N)c2c(-c3ccc4nccn4n3)ccn2n1. The lowest BCUT2D eigenvalue weighted by Crippen LogP contribution is -2.24. The predicted molar refractivity (Wildman–Crippen MR) is 105 cm³/mol. The lowest BCUT2D eigenvalue weighted by Gasteiger charge is -2.11. The molecule has 5 heterocycles. The number of nitrogen functional groups attached to an aromatic ring is 2. The highest BCUT2D eigenvalue weighted by atomic mass is 19.3. The molecule has 1 saturated heterocycles. The van der Waals surface area contributed by atoms with Gasteiger partial charge in [0.25, 0.3) is 5.92 Å². The number of likely N-dealkylation sites (tertiary alicyclic amines) is 1. The van der Waals surface area contributed by atoms with Crippen LogP contribution in [-0.4, -0.2) is 59.7 Å². The molecular weight excluding hydrogens is 380 g/mol. The van der Waals surface area contributed by atoms with Gasteiger partial charge in [-0.3, -0.25) is 4.90 Å². The zero-order chi connectivity index (χ0) is 20.6. The second-order valence-electron chi connectivity index (χ2n) is 6.80. The van der Waals surface area contributed by atoms with E-state index in [1.165, 1.54) is 0 Å². The zero-order valence-corrected chi connectivity index (χ0v) is 15.8. The van der Waals surface area contributed by atoms with Gasteiger partial charge in [-0.1, -0.05) is 6.92 Å². The van der Waals surface area contributed by atoms with Crippen molar-refractivity contribution in [1.29, 1.82) is 0 Å². The van der Waals surface area contributed by atoms with Crippen LogP contribution in [0.25, 0.3) is 22.4 Å². The third-order valence-electron chi connectivity index (χ3n) is 4.78. The molecule has 0 spiro atoms. The first-order valence-electron chi connectivity index (χ1n) is 9.17. The van der Waals surface area contributed by atoms with E-state index in [0.29, 0.717) is 17.9 Å². The normalized spacial score (nSPS) is 16.2. The summed E-state index contributed by atoms with van der Waals surface area (Å²) >= 11 is 0. The number of hydrogen-bond acceptors (Lipinski definition) is 7. The summed E-state index contributed by atoms with van der Waals surface area (Å²) in [4.78, 5) is 9.92. The third-order valence-corrected chi connectivity index (χ3v) is 4.78. The first kappa shape index (κ1) is 19.0. The van der Waals surface area contributed by atoms with Crippen molar-refractivity contribution in [3.05, 3.63) is 36.8 Å². The quantitative estimate of drug-likeness (QED) is 0.527. The molecule has 4 aromatic rings. The molecule has 1 aliphatic rings. The first-order valence-corrected chi connectivity index (χ1v) is 9.17. The van der Waals surface area contributed by atoms with Crippen molar-refractivity contribution in [3.8, 4) is 11.3 Å². The molecule has 29 heavy (non-hydrogen) atoms. The average molecular weight is 401 g/mol. The largest absolute Gasteiger partial charge is 0.382 e. The fourth-order valence-corrected chi connectivity index (χ4v) is 3.31. The molecule has 4 N–H and O–H groups in total. The average Bonchev–Trinajstić information content (AvgIpc) is 3.38. The fourth-order valence-electron chi connectivity index (χ4n) is 3.31. The van der Waals surface area contributed by atoms with E-state index in [9.17, 15) is 8.78 Å². The molecule has 1 fully saturated rings. The Hall–Kier alpha value is -3.34. The molecule has 0 saturated carbocycles. The molecule has 11 heteroatoms. The van der Waals surface area contributed by atoms with Gasteiger partial charge >= 0.3 is 0 Å². The van der Waals surface area contributed by atoms with Crippen molar-refractivity contribution in [3.63, 3.8) is 0 Å². The molecule has 0 aliphatic carbocycles. The van der Waals surface area contributed by atoms with Gasteiger partial charge in [0.05, 0.1) is 12.2 Å². The summed E-state index contributed by atoms with van der Waals surface area (Å²) in [5.41, 5.74) is 14.6. The van der Waals surface area contributed by atoms with E-state index in [4.69, 9.17) is 11.5 Å².